The van der Waals surface area contributed by atoms with Gasteiger partial charge in [0.05, 0.1) is 6.61 Å². The Morgan fingerprint density at radius 2 is 1.53 bits per heavy atom. The predicted octanol–water partition coefficient (Wildman–Crippen LogP) is 5.12. The van der Waals surface area contributed by atoms with Crippen LogP contribution in [0, 0.1) is 11.8 Å². The van der Waals surface area contributed by atoms with Crippen LogP contribution in [0.3, 0.4) is 0 Å². The number of carbonyl (C=O) groups is 1. The fourth-order valence-electron chi connectivity index (χ4n) is 4.31. The first-order valence-corrected chi connectivity index (χ1v) is 10.7. The van der Waals surface area contributed by atoms with Crippen LogP contribution < -0.4 is 0 Å². The molecule has 0 bridgehead atoms. The summed E-state index contributed by atoms with van der Waals surface area (Å²) in [7, 11) is 0. The lowest BCUT2D eigenvalue weighted by Gasteiger charge is -2.28. The number of rotatable bonds is 8. The van der Waals surface area contributed by atoms with Gasteiger partial charge in [0, 0.05) is 23.9 Å². The van der Waals surface area contributed by atoms with Crippen molar-refractivity contribution >= 4 is 5.97 Å². The highest BCUT2D eigenvalue weighted by Gasteiger charge is 2.23. The smallest absolute Gasteiger partial charge is 0.329 e. The van der Waals surface area contributed by atoms with Crippen molar-refractivity contribution < 1.29 is 14.6 Å². The Bertz CT molecular complexity index is 888. The van der Waals surface area contributed by atoms with Crippen LogP contribution in [0.5, 0.6) is 0 Å². The number of hydrogen-bond donors (Lipinski definition) is 1. The molecule has 5 nitrogen and oxygen atoms in total. The largest absolute Gasteiger partial charge is 0.480 e. The van der Waals surface area contributed by atoms with Crippen molar-refractivity contribution in [2.75, 3.05) is 13.2 Å². The summed E-state index contributed by atoms with van der Waals surface area (Å²) in [5.74, 6) is 0.164. The molecule has 5 heteroatoms. The van der Waals surface area contributed by atoms with Crippen molar-refractivity contribution in [1.82, 2.24) is 9.78 Å². The Kier molecular flexibility index (Phi) is 6.60. The fourth-order valence-corrected chi connectivity index (χ4v) is 4.31. The van der Waals surface area contributed by atoms with Crippen LogP contribution in [-0.2, 0) is 16.1 Å². The molecule has 0 saturated heterocycles. The molecule has 0 radical (unpaired) electrons. The summed E-state index contributed by atoms with van der Waals surface area (Å²) in [4.78, 5) is 10.6. The third kappa shape index (κ3) is 5.16. The van der Waals surface area contributed by atoms with Gasteiger partial charge in [0.1, 0.15) is 12.3 Å². The van der Waals surface area contributed by atoms with Crippen molar-refractivity contribution in [2.45, 2.75) is 32.2 Å². The van der Waals surface area contributed by atoms with Crippen LogP contribution in [0.4, 0.5) is 0 Å². The molecule has 2 aromatic carbocycles. The van der Waals surface area contributed by atoms with E-state index in [1.54, 1.807) is 0 Å². The van der Waals surface area contributed by atoms with E-state index in [0.29, 0.717) is 18.4 Å². The van der Waals surface area contributed by atoms with Gasteiger partial charge in [-0.3, -0.25) is 4.68 Å². The Labute approximate surface area is 177 Å². The molecule has 1 aliphatic carbocycles. The average molecular weight is 405 g/mol. The van der Waals surface area contributed by atoms with Gasteiger partial charge < -0.3 is 9.84 Å². The van der Waals surface area contributed by atoms with Crippen LogP contribution >= 0.6 is 0 Å². The molecule has 4 rings (SSSR count). The zero-order valence-corrected chi connectivity index (χ0v) is 17.1. The topological polar surface area (TPSA) is 64.3 Å². The van der Waals surface area contributed by atoms with Crippen molar-refractivity contribution in [3.05, 3.63) is 66.9 Å². The van der Waals surface area contributed by atoms with Crippen LogP contribution in [0.1, 0.15) is 25.7 Å². The standard InChI is InChI=1S/C25H28N2O3/c28-24(29)18-30-17-20-13-11-19(12-14-20)15-27-16-23(21-7-3-1-4-8-21)25(26-27)22-9-5-2-6-10-22/h1-10,16,19-20H,11-15,17-18H2,(H,28,29)/t19-,20+. The maximum Gasteiger partial charge on any atom is 0.329 e. The summed E-state index contributed by atoms with van der Waals surface area (Å²) in [6.45, 7) is 1.27. The van der Waals surface area contributed by atoms with Crippen molar-refractivity contribution in [1.29, 1.82) is 0 Å². The van der Waals surface area contributed by atoms with Gasteiger partial charge in [0.2, 0.25) is 0 Å². The Hall–Kier alpha value is -2.92. The Morgan fingerprint density at radius 3 is 2.17 bits per heavy atom. The molecular weight excluding hydrogens is 376 g/mol. The van der Waals surface area contributed by atoms with E-state index in [2.05, 4.69) is 59.4 Å². The molecule has 156 valence electrons. The molecule has 0 atom stereocenters. The third-order valence-corrected chi connectivity index (χ3v) is 5.88. The number of carboxylic acids is 1. The SMILES string of the molecule is O=C(O)COC[C@H]1CC[C@@H](Cn2cc(-c3ccccc3)c(-c3ccccc3)n2)CC1. The number of carboxylic acid groups (broad SMARTS) is 1. The first kappa shape index (κ1) is 20.4. The lowest BCUT2D eigenvalue weighted by molar-refractivity contribution is -0.142. The molecule has 1 fully saturated rings. The second-order valence-electron chi connectivity index (χ2n) is 8.14. The van der Waals surface area contributed by atoms with Gasteiger partial charge in [0.15, 0.2) is 0 Å². The fraction of sp³-hybridized carbons (Fsp3) is 0.360. The quantitative estimate of drug-likeness (QED) is 0.566. The first-order valence-electron chi connectivity index (χ1n) is 10.7. The van der Waals surface area contributed by atoms with Crippen molar-refractivity contribution in [3.63, 3.8) is 0 Å². The summed E-state index contributed by atoms with van der Waals surface area (Å²) >= 11 is 0. The highest BCUT2D eigenvalue weighted by molar-refractivity contribution is 5.80. The number of hydrogen-bond acceptors (Lipinski definition) is 3. The van der Waals surface area contributed by atoms with Gasteiger partial charge in [-0.2, -0.15) is 5.10 Å². The second-order valence-corrected chi connectivity index (χ2v) is 8.14. The monoisotopic (exact) mass is 404 g/mol. The van der Waals surface area contributed by atoms with E-state index >= 15 is 0 Å². The van der Waals surface area contributed by atoms with Crippen molar-refractivity contribution in [2.24, 2.45) is 11.8 Å². The zero-order valence-electron chi connectivity index (χ0n) is 17.1. The summed E-state index contributed by atoms with van der Waals surface area (Å²) < 4.78 is 7.40. The molecule has 1 saturated carbocycles. The van der Waals surface area contributed by atoms with Gasteiger partial charge in [-0.1, -0.05) is 60.7 Å². The third-order valence-electron chi connectivity index (χ3n) is 5.88. The number of aliphatic carboxylic acids is 1. The van der Waals surface area contributed by atoms with Gasteiger partial charge in [-0.05, 0) is 43.1 Å². The van der Waals surface area contributed by atoms with Gasteiger partial charge in [-0.25, -0.2) is 4.79 Å². The number of aromatic nitrogens is 2. The lowest BCUT2D eigenvalue weighted by Crippen LogP contribution is -2.23. The predicted molar refractivity (Wildman–Crippen MR) is 117 cm³/mol. The van der Waals surface area contributed by atoms with Crippen LogP contribution in [0.25, 0.3) is 22.4 Å². The Morgan fingerprint density at radius 1 is 0.933 bits per heavy atom. The molecule has 3 aromatic rings. The maximum absolute atomic E-state index is 10.6. The van der Waals surface area contributed by atoms with Crippen molar-refractivity contribution in [3.8, 4) is 22.4 Å². The molecule has 30 heavy (non-hydrogen) atoms. The minimum absolute atomic E-state index is 0.197. The van der Waals surface area contributed by atoms with Gasteiger partial charge in [-0.15, -0.1) is 0 Å². The van der Waals surface area contributed by atoms with Crippen LogP contribution in [-0.4, -0.2) is 34.1 Å². The molecule has 1 aliphatic rings. The average Bonchev–Trinajstić information content (AvgIpc) is 3.20. The second kappa shape index (κ2) is 9.72. The summed E-state index contributed by atoms with van der Waals surface area (Å²) in [6.07, 6.45) is 6.61. The van der Waals surface area contributed by atoms with E-state index in [0.717, 1.165) is 49.0 Å². The summed E-state index contributed by atoms with van der Waals surface area (Å²) in [5, 5.41) is 13.7. The highest BCUT2D eigenvalue weighted by Crippen LogP contribution is 2.33. The molecule has 0 spiro atoms. The van der Waals surface area contributed by atoms with E-state index in [4.69, 9.17) is 14.9 Å². The van der Waals surface area contributed by atoms with E-state index in [1.807, 2.05) is 12.1 Å². The maximum atomic E-state index is 10.6. The van der Waals surface area contributed by atoms with E-state index < -0.39 is 5.97 Å². The van der Waals surface area contributed by atoms with E-state index in [9.17, 15) is 4.79 Å². The minimum Gasteiger partial charge on any atom is -0.480 e. The molecule has 1 N–H and O–H groups in total. The lowest BCUT2D eigenvalue weighted by atomic mass is 9.82. The van der Waals surface area contributed by atoms with Gasteiger partial charge in [0.25, 0.3) is 0 Å². The summed E-state index contributed by atoms with van der Waals surface area (Å²) in [5.41, 5.74) is 4.51. The van der Waals surface area contributed by atoms with E-state index in [1.165, 1.54) is 5.56 Å². The van der Waals surface area contributed by atoms with Crippen LogP contribution in [0.2, 0.25) is 0 Å². The van der Waals surface area contributed by atoms with E-state index in [-0.39, 0.29) is 6.61 Å². The molecule has 1 heterocycles. The molecule has 1 aromatic heterocycles. The summed E-state index contributed by atoms with van der Waals surface area (Å²) in [6, 6.07) is 20.8. The highest BCUT2D eigenvalue weighted by atomic mass is 16.5. The molecule has 0 unspecified atom stereocenters. The van der Waals surface area contributed by atoms with Crippen LogP contribution in [0.15, 0.2) is 66.9 Å². The number of ether oxygens (including phenoxy) is 1. The zero-order chi connectivity index (χ0) is 20.8. The number of nitrogens with zero attached hydrogens (tertiary/aromatic N) is 2. The first-order chi connectivity index (χ1) is 14.7. The molecular formula is C25H28N2O3. The minimum atomic E-state index is -0.897. The number of benzene rings is 2. The van der Waals surface area contributed by atoms with Gasteiger partial charge >= 0.3 is 5.97 Å². The normalized spacial score (nSPS) is 18.9. The Balaban J connectivity index is 1.44. The molecule has 0 aliphatic heterocycles. The molecule has 0 amide bonds.